The maximum Gasteiger partial charge on any atom is 0.228 e. The van der Waals surface area contributed by atoms with Gasteiger partial charge in [0.25, 0.3) is 0 Å². The SMILES string of the molecule is COCCCN1C(C)CN(C(=O)Cc2csc(-c3ccccc3)n2)CC1C. The smallest absolute Gasteiger partial charge is 0.228 e. The molecule has 146 valence electrons. The molecule has 1 saturated heterocycles. The Bertz CT molecular complexity index is 722. The van der Waals surface area contributed by atoms with Crippen molar-refractivity contribution in [2.24, 2.45) is 0 Å². The van der Waals surface area contributed by atoms with Crippen molar-refractivity contribution in [3.8, 4) is 10.6 Å². The van der Waals surface area contributed by atoms with Crippen LogP contribution in [-0.4, -0.2) is 66.1 Å². The topological polar surface area (TPSA) is 45.7 Å². The number of methoxy groups -OCH3 is 1. The van der Waals surface area contributed by atoms with E-state index in [1.807, 2.05) is 28.5 Å². The lowest BCUT2D eigenvalue weighted by molar-refractivity contribution is -0.135. The lowest BCUT2D eigenvalue weighted by atomic mass is 10.1. The number of hydrogen-bond donors (Lipinski definition) is 0. The number of rotatable bonds is 7. The van der Waals surface area contributed by atoms with Crippen molar-refractivity contribution in [3.63, 3.8) is 0 Å². The Balaban J connectivity index is 1.57. The summed E-state index contributed by atoms with van der Waals surface area (Å²) in [5.74, 6) is 0.176. The van der Waals surface area contributed by atoms with E-state index in [0.717, 1.165) is 48.9 Å². The highest BCUT2D eigenvalue weighted by molar-refractivity contribution is 7.13. The third-order valence-corrected chi connectivity index (χ3v) is 6.06. The summed E-state index contributed by atoms with van der Waals surface area (Å²) in [6, 6.07) is 10.9. The van der Waals surface area contributed by atoms with Crippen LogP contribution in [0, 0.1) is 0 Å². The molecular weight excluding hydrogens is 358 g/mol. The molecule has 1 aromatic heterocycles. The molecule has 5 nitrogen and oxygen atoms in total. The largest absolute Gasteiger partial charge is 0.385 e. The van der Waals surface area contributed by atoms with Gasteiger partial charge < -0.3 is 9.64 Å². The van der Waals surface area contributed by atoms with Crippen molar-refractivity contribution >= 4 is 17.2 Å². The zero-order chi connectivity index (χ0) is 19.2. The molecule has 0 saturated carbocycles. The van der Waals surface area contributed by atoms with E-state index in [0.29, 0.717) is 18.5 Å². The molecule has 2 atom stereocenters. The summed E-state index contributed by atoms with van der Waals surface area (Å²) in [6.07, 6.45) is 1.41. The maximum atomic E-state index is 12.8. The lowest BCUT2D eigenvalue weighted by Crippen LogP contribution is -2.58. The second-order valence-electron chi connectivity index (χ2n) is 7.27. The van der Waals surface area contributed by atoms with Crippen LogP contribution in [0.15, 0.2) is 35.7 Å². The summed E-state index contributed by atoms with van der Waals surface area (Å²) in [6.45, 7) is 7.78. The van der Waals surface area contributed by atoms with Crippen LogP contribution in [0.3, 0.4) is 0 Å². The number of thiazole rings is 1. The van der Waals surface area contributed by atoms with Gasteiger partial charge in [0.1, 0.15) is 5.01 Å². The molecule has 1 fully saturated rings. The fraction of sp³-hybridized carbons (Fsp3) is 0.524. The summed E-state index contributed by atoms with van der Waals surface area (Å²) >= 11 is 1.60. The van der Waals surface area contributed by atoms with Crippen molar-refractivity contribution < 1.29 is 9.53 Å². The molecular formula is C21H29N3O2S. The van der Waals surface area contributed by atoms with E-state index in [1.54, 1.807) is 18.4 Å². The van der Waals surface area contributed by atoms with Crippen molar-refractivity contribution in [3.05, 3.63) is 41.4 Å². The minimum Gasteiger partial charge on any atom is -0.385 e. The number of aromatic nitrogens is 1. The monoisotopic (exact) mass is 387 g/mol. The second-order valence-corrected chi connectivity index (χ2v) is 8.13. The van der Waals surface area contributed by atoms with Crippen molar-refractivity contribution in [2.45, 2.75) is 38.8 Å². The molecule has 0 bridgehead atoms. The first kappa shape index (κ1) is 20.0. The van der Waals surface area contributed by atoms with Crippen molar-refractivity contribution in [2.75, 3.05) is 33.4 Å². The van der Waals surface area contributed by atoms with E-state index >= 15 is 0 Å². The van der Waals surface area contributed by atoms with Gasteiger partial charge in [-0.1, -0.05) is 30.3 Å². The minimum atomic E-state index is 0.176. The van der Waals surface area contributed by atoms with Crippen LogP contribution in [0.25, 0.3) is 10.6 Å². The number of carbonyl (C=O) groups excluding carboxylic acids is 1. The van der Waals surface area contributed by atoms with Crippen LogP contribution in [0.1, 0.15) is 26.0 Å². The van der Waals surface area contributed by atoms with E-state index in [1.165, 1.54) is 0 Å². The Morgan fingerprint density at radius 2 is 1.93 bits per heavy atom. The van der Waals surface area contributed by atoms with Gasteiger partial charge in [0, 0.05) is 56.4 Å². The van der Waals surface area contributed by atoms with E-state index in [-0.39, 0.29) is 5.91 Å². The zero-order valence-electron chi connectivity index (χ0n) is 16.4. The summed E-state index contributed by atoms with van der Waals surface area (Å²) in [7, 11) is 1.74. The number of piperazine rings is 1. The van der Waals surface area contributed by atoms with Crippen LogP contribution >= 0.6 is 11.3 Å². The highest BCUT2D eigenvalue weighted by Crippen LogP contribution is 2.24. The molecule has 1 amide bonds. The molecule has 1 aliphatic rings. The van der Waals surface area contributed by atoms with Gasteiger partial charge in [-0.2, -0.15) is 0 Å². The third-order valence-electron chi connectivity index (χ3n) is 5.12. The molecule has 6 heteroatoms. The van der Waals surface area contributed by atoms with E-state index in [4.69, 9.17) is 4.74 Å². The van der Waals surface area contributed by atoms with E-state index in [9.17, 15) is 4.79 Å². The number of ether oxygens (including phenoxy) is 1. The first-order valence-electron chi connectivity index (χ1n) is 9.60. The van der Waals surface area contributed by atoms with Crippen molar-refractivity contribution in [1.82, 2.24) is 14.8 Å². The van der Waals surface area contributed by atoms with Gasteiger partial charge in [0.15, 0.2) is 0 Å². The summed E-state index contributed by atoms with van der Waals surface area (Å²) < 4.78 is 5.17. The number of carbonyl (C=O) groups is 1. The quantitative estimate of drug-likeness (QED) is 0.684. The van der Waals surface area contributed by atoms with Gasteiger partial charge in [-0.25, -0.2) is 4.98 Å². The minimum absolute atomic E-state index is 0.176. The van der Waals surface area contributed by atoms with Gasteiger partial charge in [-0.15, -0.1) is 11.3 Å². The zero-order valence-corrected chi connectivity index (χ0v) is 17.2. The Labute approximate surface area is 166 Å². The number of nitrogens with zero attached hydrogens (tertiary/aromatic N) is 3. The number of amides is 1. The molecule has 1 aromatic carbocycles. The standard InChI is InChI=1S/C21H29N3O2S/c1-16-13-23(14-17(2)24(16)10-7-11-26-3)20(25)12-19-15-27-21(22-19)18-8-5-4-6-9-18/h4-6,8-9,15-17H,7,10-14H2,1-3H3. The first-order chi connectivity index (χ1) is 13.1. The van der Waals surface area contributed by atoms with Gasteiger partial charge in [0.2, 0.25) is 5.91 Å². The molecule has 1 aliphatic heterocycles. The van der Waals surface area contributed by atoms with E-state index in [2.05, 4.69) is 35.9 Å². The first-order valence-corrected chi connectivity index (χ1v) is 10.5. The van der Waals surface area contributed by atoms with Crippen molar-refractivity contribution in [1.29, 1.82) is 0 Å². The molecule has 0 aliphatic carbocycles. The number of hydrogen-bond acceptors (Lipinski definition) is 5. The third kappa shape index (κ3) is 5.15. The van der Waals surface area contributed by atoms with Gasteiger partial charge >= 0.3 is 0 Å². The highest BCUT2D eigenvalue weighted by atomic mass is 32.1. The molecule has 3 rings (SSSR count). The van der Waals surface area contributed by atoms with Crippen LogP contribution < -0.4 is 0 Å². The summed E-state index contributed by atoms with van der Waals surface area (Å²) in [5, 5.41) is 2.98. The van der Waals surface area contributed by atoms with Crippen LogP contribution in [0.5, 0.6) is 0 Å². The molecule has 0 spiro atoms. The summed E-state index contributed by atoms with van der Waals surface area (Å²) in [5.41, 5.74) is 1.97. The highest BCUT2D eigenvalue weighted by Gasteiger charge is 2.31. The predicted octanol–water partition coefficient (Wildman–Crippen LogP) is 3.31. The number of benzene rings is 1. The average molecular weight is 388 g/mol. The fourth-order valence-electron chi connectivity index (χ4n) is 3.76. The van der Waals surface area contributed by atoms with Gasteiger partial charge in [0.05, 0.1) is 12.1 Å². The van der Waals surface area contributed by atoms with Gasteiger partial charge in [-0.3, -0.25) is 9.69 Å². The molecule has 27 heavy (non-hydrogen) atoms. The Morgan fingerprint density at radius 3 is 2.59 bits per heavy atom. The van der Waals surface area contributed by atoms with Crippen LogP contribution in [0.4, 0.5) is 0 Å². The van der Waals surface area contributed by atoms with Gasteiger partial charge in [-0.05, 0) is 20.3 Å². The molecule has 2 unspecified atom stereocenters. The van der Waals surface area contributed by atoms with Crippen LogP contribution in [-0.2, 0) is 16.0 Å². The maximum absolute atomic E-state index is 12.8. The molecule has 0 N–H and O–H groups in total. The molecule has 2 heterocycles. The predicted molar refractivity (Wildman–Crippen MR) is 110 cm³/mol. The van der Waals surface area contributed by atoms with E-state index < -0.39 is 0 Å². The average Bonchev–Trinajstić information content (AvgIpc) is 3.13. The fourth-order valence-corrected chi connectivity index (χ4v) is 4.59. The molecule has 2 aromatic rings. The molecule has 0 radical (unpaired) electrons. The second kappa shape index (κ2) is 9.44. The Kier molecular flexibility index (Phi) is 6.99. The lowest BCUT2D eigenvalue weighted by Gasteiger charge is -2.44. The Hall–Kier alpha value is -1.76. The van der Waals surface area contributed by atoms with Crippen LogP contribution in [0.2, 0.25) is 0 Å². The Morgan fingerprint density at radius 1 is 1.22 bits per heavy atom. The summed E-state index contributed by atoms with van der Waals surface area (Å²) in [4.78, 5) is 22.0. The normalized spacial score (nSPS) is 20.8.